The summed E-state index contributed by atoms with van der Waals surface area (Å²) < 4.78 is 30.2. The lowest BCUT2D eigenvalue weighted by atomic mass is 10.2. The van der Waals surface area contributed by atoms with E-state index in [4.69, 9.17) is 9.84 Å². The van der Waals surface area contributed by atoms with Crippen LogP contribution in [0.4, 0.5) is 0 Å². The molecule has 0 amide bonds. The summed E-state index contributed by atoms with van der Waals surface area (Å²) in [6.07, 6.45) is 0. The summed E-state index contributed by atoms with van der Waals surface area (Å²) in [6, 6.07) is 5.52. The molecule has 0 aliphatic heterocycles. The zero-order valence-corrected chi connectivity index (χ0v) is 11.0. The Bertz CT molecular complexity index is 526. The number of benzene rings is 1. The number of likely N-dealkylation sites (N-methyl/N-ethyl adjacent to an activating group) is 1. The largest absolute Gasteiger partial charge is 0.478 e. The molecule has 0 aromatic heterocycles. The molecule has 1 N–H and O–H groups in total. The van der Waals surface area contributed by atoms with Crippen molar-refractivity contribution in [3.63, 3.8) is 0 Å². The quantitative estimate of drug-likeness (QED) is 0.822. The molecule has 0 fully saturated rings. The van der Waals surface area contributed by atoms with Gasteiger partial charge in [0.1, 0.15) is 0 Å². The first kappa shape index (κ1) is 14.6. The van der Waals surface area contributed by atoms with Crippen molar-refractivity contribution in [1.29, 1.82) is 0 Å². The van der Waals surface area contributed by atoms with E-state index in [-0.39, 0.29) is 23.6 Å². The van der Waals surface area contributed by atoms with Crippen LogP contribution in [0.15, 0.2) is 29.2 Å². The minimum Gasteiger partial charge on any atom is -0.478 e. The lowest BCUT2D eigenvalue weighted by molar-refractivity contribution is 0.0692. The Balaban J connectivity index is 3.16. The molecular formula is C11H15NO5S. The normalized spacial score (nSPS) is 11.7. The summed E-state index contributed by atoms with van der Waals surface area (Å²) in [5, 5.41) is 8.98. The fourth-order valence-electron chi connectivity index (χ4n) is 1.38. The van der Waals surface area contributed by atoms with Crippen LogP contribution < -0.4 is 0 Å². The van der Waals surface area contributed by atoms with Gasteiger partial charge in [0.15, 0.2) is 0 Å². The third kappa shape index (κ3) is 3.06. The van der Waals surface area contributed by atoms with E-state index in [1.54, 1.807) is 0 Å². The highest BCUT2D eigenvalue weighted by atomic mass is 32.2. The van der Waals surface area contributed by atoms with Crippen molar-refractivity contribution in [2.45, 2.75) is 4.90 Å². The number of ether oxygens (including phenoxy) is 1. The Morgan fingerprint density at radius 3 is 2.56 bits per heavy atom. The van der Waals surface area contributed by atoms with E-state index in [0.29, 0.717) is 0 Å². The third-order valence-corrected chi connectivity index (χ3v) is 4.33. The number of methoxy groups -OCH3 is 1. The van der Waals surface area contributed by atoms with Crippen LogP contribution in [0.2, 0.25) is 0 Å². The first-order valence-corrected chi connectivity index (χ1v) is 6.63. The second kappa shape index (κ2) is 5.94. The molecular weight excluding hydrogens is 258 g/mol. The third-order valence-electron chi connectivity index (χ3n) is 2.42. The molecule has 6 nitrogen and oxygen atoms in total. The average Bonchev–Trinajstić information content (AvgIpc) is 2.35. The van der Waals surface area contributed by atoms with Crippen LogP contribution in [0.1, 0.15) is 10.4 Å². The van der Waals surface area contributed by atoms with E-state index >= 15 is 0 Å². The summed E-state index contributed by atoms with van der Waals surface area (Å²) in [5.41, 5.74) is -0.234. The minimum atomic E-state index is -3.81. The van der Waals surface area contributed by atoms with Gasteiger partial charge in [-0.3, -0.25) is 0 Å². The molecule has 0 saturated heterocycles. The van der Waals surface area contributed by atoms with Gasteiger partial charge >= 0.3 is 5.97 Å². The molecule has 1 aromatic rings. The maximum atomic E-state index is 12.2. The number of sulfonamides is 1. The molecule has 1 aromatic carbocycles. The van der Waals surface area contributed by atoms with Crippen molar-refractivity contribution >= 4 is 16.0 Å². The van der Waals surface area contributed by atoms with Gasteiger partial charge in [0.25, 0.3) is 0 Å². The first-order chi connectivity index (χ1) is 8.41. The lowest BCUT2D eigenvalue weighted by Crippen LogP contribution is -2.31. The number of carbonyl (C=O) groups is 1. The summed E-state index contributed by atoms with van der Waals surface area (Å²) in [7, 11) is -0.969. The van der Waals surface area contributed by atoms with E-state index < -0.39 is 16.0 Å². The molecule has 0 heterocycles. The summed E-state index contributed by atoms with van der Waals surface area (Å²) in [5.74, 6) is -1.27. The zero-order chi connectivity index (χ0) is 13.8. The SMILES string of the molecule is COCCN(C)S(=O)(=O)c1ccccc1C(=O)O. The topological polar surface area (TPSA) is 83.9 Å². The number of aromatic carboxylic acids is 1. The molecule has 0 radical (unpaired) electrons. The standard InChI is InChI=1S/C11H15NO5S/c1-12(7-8-17-2)18(15,16)10-6-4-3-5-9(10)11(13)14/h3-6H,7-8H2,1-2H3,(H,13,14). The molecule has 7 heteroatoms. The summed E-state index contributed by atoms with van der Waals surface area (Å²) in [6.45, 7) is 0.401. The minimum absolute atomic E-state index is 0.160. The smallest absolute Gasteiger partial charge is 0.337 e. The molecule has 100 valence electrons. The van der Waals surface area contributed by atoms with Crippen molar-refractivity contribution in [3.05, 3.63) is 29.8 Å². The molecule has 0 spiro atoms. The maximum absolute atomic E-state index is 12.2. The van der Waals surface area contributed by atoms with Gasteiger partial charge in [0.2, 0.25) is 10.0 Å². The average molecular weight is 273 g/mol. The van der Waals surface area contributed by atoms with Gasteiger partial charge in [-0.05, 0) is 12.1 Å². The Hall–Kier alpha value is -1.44. The number of hydrogen-bond acceptors (Lipinski definition) is 4. The number of nitrogens with zero attached hydrogens (tertiary/aromatic N) is 1. The maximum Gasteiger partial charge on any atom is 0.337 e. The van der Waals surface area contributed by atoms with Crippen molar-refractivity contribution < 1.29 is 23.1 Å². The van der Waals surface area contributed by atoms with Gasteiger partial charge in [0, 0.05) is 20.7 Å². The molecule has 0 saturated carbocycles. The molecule has 1 rings (SSSR count). The van der Waals surface area contributed by atoms with E-state index in [0.717, 1.165) is 4.31 Å². The number of hydrogen-bond donors (Lipinski definition) is 1. The molecule has 18 heavy (non-hydrogen) atoms. The predicted octanol–water partition coefficient (Wildman–Crippen LogP) is 0.652. The Labute approximate surface area is 106 Å². The van der Waals surface area contributed by atoms with Gasteiger partial charge in [-0.15, -0.1) is 0 Å². The molecule has 0 unspecified atom stereocenters. The van der Waals surface area contributed by atoms with Crippen molar-refractivity contribution in [1.82, 2.24) is 4.31 Å². The van der Waals surface area contributed by atoms with Crippen molar-refractivity contribution in [2.24, 2.45) is 0 Å². The first-order valence-electron chi connectivity index (χ1n) is 5.19. The van der Waals surface area contributed by atoms with Gasteiger partial charge in [-0.2, -0.15) is 4.31 Å². The van der Waals surface area contributed by atoms with Crippen LogP contribution in [0.25, 0.3) is 0 Å². The van der Waals surface area contributed by atoms with Gasteiger partial charge < -0.3 is 9.84 Å². The van der Waals surface area contributed by atoms with Crippen LogP contribution in [-0.4, -0.2) is 51.1 Å². The Morgan fingerprint density at radius 1 is 1.39 bits per heavy atom. The van der Waals surface area contributed by atoms with Crippen molar-refractivity contribution in [2.75, 3.05) is 27.3 Å². The van der Waals surface area contributed by atoms with E-state index in [1.807, 2.05) is 0 Å². The number of carboxylic acid groups (broad SMARTS) is 1. The molecule has 0 bridgehead atoms. The highest BCUT2D eigenvalue weighted by Gasteiger charge is 2.25. The predicted molar refractivity (Wildman–Crippen MR) is 65.1 cm³/mol. The molecule has 0 aliphatic carbocycles. The molecule has 0 atom stereocenters. The van der Waals surface area contributed by atoms with Gasteiger partial charge in [-0.25, -0.2) is 13.2 Å². The van der Waals surface area contributed by atoms with Gasteiger partial charge in [-0.1, -0.05) is 12.1 Å². The monoisotopic (exact) mass is 273 g/mol. The van der Waals surface area contributed by atoms with Crippen LogP contribution in [-0.2, 0) is 14.8 Å². The van der Waals surface area contributed by atoms with Crippen LogP contribution >= 0.6 is 0 Å². The van der Waals surface area contributed by atoms with Crippen LogP contribution in [0, 0.1) is 0 Å². The fourth-order valence-corrected chi connectivity index (χ4v) is 2.71. The second-order valence-corrected chi connectivity index (χ2v) is 5.63. The lowest BCUT2D eigenvalue weighted by Gasteiger charge is -2.17. The Morgan fingerprint density at radius 2 is 2.00 bits per heavy atom. The number of carboxylic acids is 1. The summed E-state index contributed by atoms with van der Waals surface area (Å²) in [4.78, 5) is 10.8. The summed E-state index contributed by atoms with van der Waals surface area (Å²) >= 11 is 0. The van der Waals surface area contributed by atoms with Crippen molar-refractivity contribution in [3.8, 4) is 0 Å². The molecule has 0 aliphatic rings. The highest BCUT2D eigenvalue weighted by molar-refractivity contribution is 7.89. The van der Waals surface area contributed by atoms with Crippen LogP contribution in [0.5, 0.6) is 0 Å². The van der Waals surface area contributed by atoms with Gasteiger partial charge in [0.05, 0.1) is 17.1 Å². The van der Waals surface area contributed by atoms with E-state index in [9.17, 15) is 13.2 Å². The zero-order valence-electron chi connectivity index (χ0n) is 10.2. The highest BCUT2D eigenvalue weighted by Crippen LogP contribution is 2.19. The number of rotatable bonds is 6. The Kier molecular flexibility index (Phi) is 4.83. The second-order valence-electron chi connectivity index (χ2n) is 3.62. The van der Waals surface area contributed by atoms with E-state index in [1.165, 1.54) is 38.4 Å². The van der Waals surface area contributed by atoms with E-state index in [2.05, 4.69) is 0 Å². The fraction of sp³-hybridized carbons (Fsp3) is 0.364. The van der Waals surface area contributed by atoms with Crippen LogP contribution in [0.3, 0.4) is 0 Å².